The smallest absolute Gasteiger partial charge is 0.243 e. The van der Waals surface area contributed by atoms with E-state index < -0.39 is 0 Å². The van der Waals surface area contributed by atoms with Crippen LogP contribution < -0.4 is 16.4 Å². The standard InChI is InChI=1S/C15H20BrN3O2.ClH/c1-9-6-11(16)3-5-13(9)19-14(20)8-18-15(21)10-2-4-12(17)7-10;/h3,5-6,10,12H,2,4,7-8,17H2,1H3,(H,18,21)(H,19,20);1H. The van der Waals surface area contributed by atoms with E-state index in [0.29, 0.717) is 6.42 Å². The second-order valence-corrected chi connectivity index (χ2v) is 6.41. The highest BCUT2D eigenvalue weighted by Gasteiger charge is 2.27. The predicted octanol–water partition coefficient (Wildman–Crippen LogP) is 2.36. The van der Waals surface area contributed by atoms with Crippen molar-refractivity contribution >= 4 is 45.8 Å². The molecule has 1 saturated carbocycles. The first-order valence-electron chi connectivity index (χ1n) is 7.05. The van der Waals surface area contributed by atoms with Crippen molar-refractivity contribution in [3.05, 3.63) is 28.2 Å². The summed E-state index contributed by atoms with van der Waals surface area (Å²) in [5.74, 6) is -0.357. The van der Waals surface area contributed by atoms with E-state index in [1.165, 1.54) is 0 Å². The van der Waals surface area contributed by atoms with Crippen molar-refractivity contribution in [2.45, 2.75) is 32.2 Å². The Labute approximate surface area is 144 Å². The maximum Gasteiger partial charge on any atom is 0.243 e. The molecule has 1 aromatic carbocycles. The lowest BCUT2D eigenvalue weighted by Crippen LogP contribution is -2.36. The topological polar surface area (TPSA) is 84.2 Å². The van der Waals surface area contributed by atoms with Gasteiger partial charge in [-0.25, -0.2) is 0 Å². The monoisotopic (exact) mass is 389 g/mol. The number of carbonyl (C=O) groups excluding carboxylic acids is 2. The van der Waals surface area contributed by atoms with E-state index in [9.17, 15) is 9.59 Å². The van der Waals surface area contributed by atoms with Crippen LogP contribution in [-0.2, 0) is 9.59 Å². The van der Waals surface area contributed by atoms with Gasteiger partial charge in [0.1, 0.15) is 0 Å². The molecule has 22 heavy (non-hydrogen) atoms. The van der Waals surface area contributed by atoms with Crippen LogP contribution in [0.4, 0.5) is 5.69 Å². The first-order chi connectivity index (χ1) is 9.95. The summed E-state index contributed by atoms with van der Waals surface area (Å²) in [6, 6.07) is 5.73. The van der Waals surface area contributed by atoms with Crippen LogP contribution in [0.1, 0.15) is 24.8 Å². The van der Waals surface area contributed by atoms with Crippen molar-refractivity contribution in [1.29, 1.82) is 0 Å². The average molecular weight is 391 g/mol. The zero-order chi connectivity index (χ0) is 15.4. The van der Waals surface area contributed by atoms with Gasteiger partial charge in [-0.3, -0.25) is 9.59 Å². The van der Waals surface area contributed by atoms with E-state index in [1.54, 1.807) is 0 Å². The fourth-order valence-corrected chi connectivity index (χ4v) is 3.00. The number of nitrogens with two attached hydrogens (primary N) is 1. The van der Waals surface area contributed by atoms with Gasteiger partial charge in [-0.1, -0.05) is 15.9 Å². The molecular formula is C15H21BrClN3O2. The van der Waals surface area contributed by atoms with Gasteiger partial charge in [0.15, 0.2) is 0 Å². The molecule has 1 aliphatic rings. The first-order valence-corrected chi connectivity index (χ1v) is 7.84. The molecule has 1 fully saturated rings. The number of aryl methyl sites for hydroxylation is 1. The minimum atomic E-state index is -0.226. The fraction of sp³-hybridized carbons (Fsp3) is 0.467. The van der Waals surface area contributed by atoms with Crippen LogP contribution in [0.15, 0.2) is 22.7 Å². The minimum absolute atomic E-state index is 0. The summed E-state index contributed by atoms with van der Waals surface area (Å²) in [5, 5.41) is 5.47. The van der Waals surface area contributed by atoms with E-state index in [2.05, 4.69) is 26.6 Å². The number of amides is 2. The van der Waals surface area contributed by atoms with Crippen molar-refractivity contribution in [3.63, 3.8) is 0 Å². The number of hydrogen-bond donors (Lipinski definition) is 3. The maximum atomic E-state index is 11.9. The Morgan fingerprint density at radius 2 is 2.09 bits per heavy atom. The number of nitrogens with one attached hydrogen (secondary N) is 2. The van der Waals surface area contributed by atoms with Crippen LogP contribution in [0, 0.1) is 12.8 Å². The summed E-state index contributed by atoms with van der Waals surface area (Å²) < 4.78 is 0.962. The molecule has 2 rings (SSSR count). The molecule has 122 valence electrons. The molecule has 2 atom stereocenters. The summed E-state index contributed by atoms with van der Waals surface area (Å²) in [6.07, 6.45) is 2.39. The Balaban J connectivity index is 0.00000242. The summed E-state index contributed by atoms with van der Waals surface area (Å²) in [5.41, 5.74) is 7.50. The van der Waals surface area contributed by atoms with E-state index >= 15 is 0 Å². The second-order valence-electron chi connectivity index (χ2n) is 5.50. The average Bonchev–Trinajstić information content (AvgIpc) is 2.86. The number of hydrogen-bond acceptors (Lipinski definition) is 3. The third kappa shape index (κ3) is 5.26. The van der Waals surface area contributed by atoms with E-state index in [1.807, 2.05) is 25.1 Å². The van der Waals surface area contributed by atoms with E-state index in [0.717, 1.165) is 28.6 Å². The van der Waals surface area contributed by atoms with Crippen molar-refractivity contribution in [2.24, 2.45) is 11.7 Å². The Morgan fingerprint density at radius 3 is 2.68 bits per heavy atom. The third-order valence-corrected chi connectivity index (χ3v) is 4.22. The highest BCUT2D eigenvalue weighted by Crippen LogP contribution is 2.24. The number of anilines is 1. The Bertz CT molecular complexity index is 554. The normalized spacial score (nSPS) is 20.1. The molecule has 4 N–H and O–H groups in total. The number of halogens is 2. The summed E-state index contributed by atoms with van der Waals surface area (Å²) in [4.78, 5) is 23.8. The molecule has 5 nitrogen and oxygen atoms in total. The van der Waals surface area contributed by atoms with Crippen LogP contribution in [0.3, 0.4) is 0 Å². The van der Waals surface area contributed by atoms with Gasteiger partial charge in [-0.15, -0.1) is 12.4 Å². The molecule has 2 unspecified atom stereocenters. The third-order valence-electron chi connectivity index (χ3n) is 3.73. The van der Waals surface area contributed by atoms with Crippen LogP contribution in [0.5, 0.6) is 0 Å². The molecule has 0 aromatic heterocycles. The summed E-state index contributed by atoms with van der Waals surface area (Å²) in [7, 11) is 0. The van der Waals surface area contributed by atoms with Gasteiger partial charge in [0.2, 0.25) is 11.8 Å². The lowest BCUT2D eigenvalue weighted by atomic mass is 10.1. The molecule has 0 aliphatic heterocycles. The molecule has 0 bridgehead atoms. The number of rotatable bonds is 4. The van der Waals surface area contributed by atoms with Crippen molar-refractivity contribution < 1.29 is 9.59 Å². The molecule has 7 heteroatoms. The van der Waals surface area contributed by atoms with E-state index in [-0.39, 0.29) is 42.7 Å². The lowest BCUT2D eigenvalue weighted by Gasteiger charge is -2.12. The van der Waals surface area contributed by atoms with Crippen LogP contribution >= 0.6 is 28.3 Å². The van der Waals surface area contributed by atoms with Gasteiger partial charge in [0.25, 0.3) is 0 Å². The summed E-state index contributed by atoms with van der Waals surface area (Å²) in [6.45, 7) is 1.90. The Kier molecular flexibility index (Phi) is 7.32. The Morgan fingerprint density at radius 1 is 1.36 bits per heavy atom. The molecule has 2 amide bonds. The van der Waals surface area contributed by atoms with Crippen molar-refractivity contribution in [3.8, 4) is 0 Å². The van der Waals surface area contributed by atoms with Gasteiger partial charge in [-0.2, -0.15) is 0 Å². The van der Waals surface area contributed by atoms with Crippen molar-refractivity contribution in [1.82, 2.24) is 5.32 Å². The molecule has 0 radical (unpaired) electrons. The highest BCUT2D eigenvalue weighted by molar-refractivity contribution is 9.10. The van der Waals surface area contributed by atoms with Crippen LogP contribution in [-0.4, -0.2) is 24.4 Å². The quantitative estimate of drug-likeness (QED) is 0.738. The number of carbonyl (C=O) groups is 2. The SMILES string of the molecule is Cc1cc(Br)ccc1NC(=O)CNC(=O)C1CCC(N)C1.Cl. The lowest BCUT2D eigenvalue weighted by molar-refractivity contribution is -0.127. The van der Waals surface area contributed by atoms with E-state index in [4.69, 9.17) is 5.73 Å². The van der Waals surface area contributed by atoms with Gasteiger partial charge < -0.3 is 16.4 Å². The van der Waals surface area contributed by atoms with Crippen molar-refractivity contribution in [2.75, 3.05) is 11.9 Å². The molecule has 1 aromatic rings. The molecule has 0 heterocycles. The van der Waals surface area contributed by atoms with Crippen LogP contribution in [0.2, 0.25) is 0 Å². The fourth-order valence-electron chi connectivity index (χ4n) is 2.53. The molecular weight excluding hydrogens is 370 g/mol. The summed E-state index contributed by atoms with van der Waals surface area (Å²) >= 11 is 3.37. The van der Waals surface area contributed by atoms with Gasteiger partial charge in [-0.05, 0) is 49.9 Å². The largest absolute Gasteiger partial charge is 0.347 e. The van der Waals surface area contributed by atoms with Gasteiger partial charge in [0.05, 0.1) is 6.54 Å². The molecule has 1 aliphatic carbocycles. The molecule has 0 saturated heterocycles. The number of benzene rings is 1. The zero-order valence-electron chi connectivity index (χ0n) is 12.4. The minimum Gasteiger partial charge on any atom is -0.347 e. The van der Waals surface area contributed by atoms with Crippen LogP contribution in [0.25, 0.3) is 0 Å². The first kappa shape index (κ1) is 18.9. The molecule has 0 spiro atoms. The zero-order valence-corrected chi connectivity index (χ0v) is 14.8. The van der Waals surface area contributed by atoms with Gasteiger partial charge >= 0.3 is 0 Å². The maximum absolute atomic E-state index is 11.9. The van der Waals surface area contributed by atoms with Gasteiger partial charge in [0, 0.05) is 22.1 Å². The highest BCUT2D eigenvalue weighted by atomic mass is 79.9. The Hall–Kier alpha value is -1.11. The predicted molar refractivity (Wildman–Crippen MR) is 93.1 cm³/mol. The second kappa shape index (κ2) is 8.50.